The number of rotatable bonds is 3. The summed E-state index contributed by atoms with van der Waals surface area (Å²) in [4.78, 5) is 5.19. The Morgan fingerprint density at radius 2 is 1.79 bits per heavy atom. The number of terminal acetylenes is 1. The maximum atomic E-state index is 5.42. The van der Waals surface area contributed by atoms with Crippen molar-refractivity contribution in [2.45, 2.75) is 31.7 Å². The van der Waals surface area contributed by atoms with Crippen LogP contribution in [0.3, 0.4) is 0 Å². The van der Waals surface area contributed by atoms with Gasteiger partial charge in [-0.1, -0.05) is 5.92 Å². The average Bonchev–Trinajstić information content (AvgIpc) is 3.11. The van der Waals surface area contributed by atoms with E-state index in [-0.39, 0.29) is 0 Å². The predicted octanol–water partition coefficient (Wildman–Crippen LogP) is 2.73. The molecule has 0 aliphatic carbocycles. The lowest BCUT2D eigenvalue weighted by atomic mass is 10.1. The smallest absolute Gasteiger partial charge is 0.0417 e. The van der Waals surface area contributed by atoms with Gasteiger partial charge in [-0.15, -0.1) is 6.42 Å². The molecular formula is C17H22N2. The van der Waals surface area contributed by atoms with Crippen LogP contribution in [-0.2, 0) is 0 Å². The Balaban J connectivity index is 1.69. The van der Waals surface area contributed by atoms with Crippen molar-refractivity contribution in [2.75, 3.05) is 31.1 Å². The van der Waals surface area contributed by atoms with Crippen molar-refractivity contribution in [2.24, 2.45) is 0 Å². The molecule has 2 nitrogen and oxygen atoms in total. The summed E-state index contributed by atoms with van der Waals surface area (Å²) in [6.45, 7) is 5.01. The molecule has 1 atom stereocenters. The monoisotopic (exact) mass is 254 g/mol. The third-order valence-electron chi connectivity index (χ3n) is 4.41. The lowest BCUT2D eigenvalue weighted by Gasteiger charge is -2.30. The Morgan fingerprint density at radius 1 is 1.05 bits per heavy atom. The van der Waals surface area contributed by atoms with Gasteiger partial charge >= 0.3 is 0 Å². The van der Waals surface area contributed by atoms with Gasteiger partial charge < -0.3 is 9.80 Å². The highest BCUT2D eigenvalue weighted by Gasteiger charge is 2.27. The molecule has 2 heteroatoms. The van der Waals surface area contributed by atoms with E-state index in [1.165, 1.54) is 57.5 Å². The lowest BCUT2D eigenvalue weighted by Crippen LogP contribution is -2.39. The first-order chi connectivity index (χ1) is 9.36. The van der Waals surface area contributed by atoms with E-state index in [4.69, 9.17) is 6.42 Å². The predicted molar refractivity (Wildman–Crippen MR) is 80.4 cm³/mol. The number of nitrogens with zero attached hydrogens (tertiary/aromatic N) is 2. The van der Waals surface area contributed by atoms with Crippen LogP contribution in [0.2, 0.25) is 0 Å². The van der Waals surface area contributed by atoms with Gasteiger partial charge in [-0.05, 0) is 63.0 Å². The summed E-state index contributed by atoms with van der Waals surface area (Å²) in [5.41, 5.74) is 2.31. The summed E-state index contributed by atoms with van der Waals surface area (Å²) >= 11 is 0. The first kappa shape index (κ1) is 12.6. The quantitative estimate of drug-likeness (QED) is 0.765. The molecule has 2 saturated heterocycles. The second-order valence-corrected chi connectivity index (χ2v) is 5.69. The van der Waals surface area contributed by atoms with E-state index in [1.807, 2.05) is 0 Å². The average molecular weight is 254 g/mol. The molecule has 2 aliphatic rings. The second-order valence-electron chi connectivity index (χ2n) is 5.69. The lowest BCUT2D eigenvalue weighted by molar-refractivity contribution is 0.314. The van der Waals surface area contributed by atoms with Crippen molar-refractivity contribution in [1.29, 1.82) is 0 Å². The zero-order chi connectivity index (χ0) is 13.1. The fourth-order valence-corrected chi connectivity index (χ4v) is 3.38. The van der Waals surface area contributed by atoms with Crippen molar-refractivity contribution < 1.29 is 0 Å². The maximum absolute atomic E-state index is 5.42. The summed E-state index contributed by atoms with van der Waals surface area (Å²) in [5.74, 6) is 2.69. The Morgan fingerprint density at radius 3 is 2.47 bits per heavy atom. The van der Waals surface area contributed by atoms with Gasteiger partial charge in [0.1, 0.15) is 0 Å². The molecule has 2 heterocycles. The van der Waals surface area contributed by atoms with E-state index < -0.39 is 0 Å². The molecule has 0 amide bonds. The van der Waals surface area contributed by atoms with Gasteiger partial charge in [0.25, 0.3) is 0 Å². The summed E-state index contributed by atoms with van der Waals surface area (Å²) in [5, 5.41) is 0. The number of hydrogen-bond donors (Lipinski definition) is 0. The van der Waals surface area contributed by atoms with Crippen LogP contribution < -0.4 is 4.90 Å². The van der Waals surface area contributed by atoms with Crippen LogP contribution >= 0.6 is 0 Å². The molecule has 0 N–H and O–H groups in total. The number of likely N-dealkylation sites (tertiary alicyclic amines) is 1. The molecule has 0 bridgehead atoms. The van der Waals surface area contributed by atoms with Crippen LogP contribution in [0.25, 0.3) is 0 Å². The third-order valence-corrected chi connectivity index (χ3v) is 4.41. The molecule has 0 unspecified atom stereocenters. The Labute approximate surface area is 116 Å². The van der Waals surface area contributed by atoms with Crippen LogP contribution in [0, 0.1) is 12.3 Å². The van der Waals surface area contributed by atoms with Gasteiger partial charge in [0.2, 0.25) is 0 Å². The zero-order valence-corrected chi connectivity index (χ0v) is 11.5. The minimum absolute atomic E-state index is 0.690. The standard InChI is InChI=1S/C17H22N2/c1-2-15-7-9-16(10-8-15)19-13-5-6-17(19)14-18-11-3-4-12-18/h1,7-10,17H,3-6,11-14H2/t17-/m0/s1. The van der Waals surface area contributed by atoms with Gasteiger partial charge in [0.05, 0.1) is 0 Å². The summed E-state index contributed by atoms with van der Waals surface area (Å²) in [7, 11) is 0. The van der Waals surface area contributed by atoms with Gasteiger partial charge in [0.15, 0.2) is 0 Å². The van der Waals surface area contributed by atoms with E-state index >= 15 is 0 Å². The normalized spacial score (nSPS) is 23.7. The van der Waals surface area contributed by atoms with E-state index in [9.17, 15) is 0 Å². The largest absolute Gasteiger partial charge is 0.367 e. The molecule has 0 spiro atoms. The van der Waals surface area contributed by atoms with Crippen molar-refractivity contribution in [3.8, 4) is 12.3 Å². The van der Waals surface area contributed by atoms with E-state index in [1.54, 1.807) is 0 Å². The fraction of sp³-hybridized carbons (Fsp3) is 0.529. The minimum Gasteiger partial charge on any atom is -0.367 e. The topological polar surface area (TPSA) is 6.48 Å². The highest BCUT2D eigenvalue weighted by Crippen LogP contribution is 2.27. The SMILES string of the molecule is C#Cc1ccc(N2CCC[C@H]2CN2CCCC2)cc1. The van der Waals surface area contributed by atoms with Crippen LogP contribution in [0.4, 0.5) is 5.69 Å². The highest BCUT2D eigenvalue weighted by molar-refractivity contribution is 5.51. The molecule has 0 radical (unpaired) electrons. The summed E-state index contributed by atoms with van der Waals surface area (Å²) < 4.78 is 0. The van der Waals surface area contributed by atoms with Gasteiger partial charge in [-0.25, -0.2) is 0 Å². The molecule has 1 aromatic carbocycles. The first-order valence-electron chi connectivity index (χ1n) is 7.42. The summed E-state index contributed by atoms with van der Waals surface area (Å²) in [6.07, 6.45) is 10.8. The Hall–Kier alpha value is -1.46. The number of benzene rings is 1. The van der Waals surface area contributed by atoms with Gasteiger partial charge in [-0.2, -0.15) is 0 Å². The number of anilines is 1. The fourth-order valence-electron chi connectivity index (χ4n) is 3.38. The van der Waals surface area contributed by atoms with Crippen LogP contribution in [0.5, 0.6) is 0 Å². The molecule has 100 valence electrons. The molecule has 19 heavy (non-hydrogen) atoms. The van der Waals surface area contributed by atoms with Crippen LogP contribution in [0.1, 0.15) is 31.2 Å². The maximum Gasteiger partial charge on any atom is 0.0417 e. The third kappa shape index (κ3) is 2.77. The highest BCUT2D eigenvalue weighted by atomic mass is 15.2. The molecule has 2 fully saturated rings. The van der Waals surface area contributed by atoms with Crippen molar-refractivity contribution >= 4 is 5.69 Å². The molecule has 1 aromatic rings. The minimum atomic E-state index is 0.690. The van der Waals surface area contributed by atoms with E-state index in [0.717, 1.165) is 5.56 Å². The Bertz CT molecular complexity index is 451. The van der Waals surface area contributed by atoms with Gasteiger partial charge in [-0.3, -0.25) is 0 Å². The van der Waals surface area contributed by atoms with Gasteiger partial charge in [0, 0.05) is 30.4 Å². The van der Waals surface area contributed by atoms with Crippen molar-refractivity contribution in [3.05, 3.63) is 29.8 Å². The number of hydrogen-bond acceptors (Lipinski definition) is 2. The summed E-state index contributed by atoms with van der Waals surface area (Å²) in [6, 6.07) is 9.16. The Kier molecular flexibility index (Phi) is 3.75. The van der Waals surface area contributed by atoms with E-state index in [2.05, 4.69) is 40.0 Å². The molecule has 3 rings (SSSR count). The van der Waals surface area contributed by atoms with Crippen molar-refractivity contribution in [1.82, 2.24) is 4.90 Å². The molecule has 0 aromatic heterocycles. The van der Waals surface area contributed by atoms with Crippen LogP contribution in [0.15, 0.2) is 24.3 Å². The zero-order valence-electron chi connectivity index (χ0n) is 11.5. The van der Waals surface area contributed by atoms with E-state index in [0.29, 0.717) is 6.04 Å². The second kappa shape index (κ2) is 5.67. The van der Waals surface area contributed by atoms with Crippen molar-refractivity contribution in [3.63, 3.8) is 0 Å². The molecular weight excluding hydrogens is 232 g/mol. The van der Waals surface area contributed by atoms with Crippen LogP contribution in [-0.4, -0.2) is 37.1 Å². The molecule has 0 saturated carbocycles. The first-order valence-corrected chi connectivity index (χ1v) is 7.42. The molecule has 2 aliphatic heterocycles.